The monoisotopic (exact) mass is 298 g/mol. The smallest absolute Gasteiger partial charge is 0.323 e. The van der Waals surface area contributed by atoms with Gasteiger partial charge in [-0.15, -0.1) is 0 Å². The maximum Gasteiger partial charge on any atom is 0.323 e. The number of nitrogens with two attached hydrogens (primary N) is 1. The molecule has 1 amide bonds. The molecule has 0 heterocycles. The highest BCUT2D eigenvalue weighted by atomic mass is 35.5. The molecule has 0 aliphatic rings. The largest absolute Gasteiger partial charge is 0.480 e. The number of carbonyl (C=O) groups is 2. The number of benzene rings is 1. The Morgan fingerprint density at radius 3 is 2.55 bits per heavy atom. The summed E-state index contributed by atoms with van der Waals surface area (Å²) in [7, 11) is 0. The lowest BCUT2D eigenvalue weighted by atomic mass is 10.0. The molecule has 1 aromatic rings. The van der Waals surface area contributed by atoms with Crippen molar-refractivity contribution in [1.29, 1.82) is 0 Å². The Labute approximate surface area is 123 Å². The molecule has 0 saturated carbocycles. The third kappa shape index (κ3) is 4.83. The van der Waals surface area contributed by atoms with Crippen LogP contribution in [0.1, 0.15) is 20.3 Å². The normalized spacial score (nSPS) is 12.2. The lowest BCUT2D eigenvalue weighted by Crippen LogP contribution is -2.40. The van der Waals surface area contributed by atoms with Gasteiger partial charge in [-0.3, -0.25) is 9.59 Å². The van der Waals surface area contributed by atoms with Gasteiger partial charge in [0.2, 0.25) is 5.91 Å². The molecule has 110 valence electrons. The van der Waals surface area contributed by atoms with Crippen molar-refractivity contribution in [3.05, 3.63) is 29.3 Å². The van der Waals surface area contributed by atoms with Gasteiger partial charge in [-0.2, -0.15) is 0 Å². The second kappa shape index (κ2) is 7.26. The summed E-state index contributed by atoms with van der Waals surface area (Å²) >= 11 is 5.88. The highest BCUT2D eigenvalue weighted by molar-refractivity contribution is 6.30. The van der Waals surface area contributed by atoms with Crippen LogP contribution >= 0.6 is 11.6 Å². The predicted molar refractivity (Wildman–Crippen MR) is 78.9 cm³/mol. The number of aliphatic carboxylic acids is 1. The molecule has 1 rings (SSSR count). The molecular formula is C14H19ClN2O3. The lowest BCUT2D eigenvalue weighted by molar-refractivity contribution is -0.136. The number of amides is 1. The van der Waals surface area contributed by atoms with Gasteiger partial charge in [-0.1, -0.05) is 31.5 Å². The number of carbonyl (C=O) groups excluding carboxylic acids is 1. The van der Waals surface area contributed by atoms with Gasteiger partial charge in [0.15, 0.2) is 0 Å². The molecular weight excluding hydrogens is 280 g/mol. The van der Waals surface area contributed by atoms with E-state index >= 15 is 0 Å². The molecule has 1 aromatic carbocycles. The van der Waals surface area contributed by atoms with Gasteiger partial charge in [-0.05, 0) is 24.1 Å². The molecule has 0 bridgehead atoms. The molecule has 6 heteroatoms. The number of halogens is 1. The number of anilines is 1. The van der Waals surface area contributed by atoms with Crippen molar-refractivity contribution in [2.75, 3.05) is 11.4 Å². The maximum atomic E-state index is 12.2. The summed E-state index contributed by atoms with van der Waals surface area (Å²) in [5.74, 6) is -1.27. The molecule has 3 N–H and O–H groups in total. The Bertz CT molecular complexity index is 491. The zero-order valence-electron chi connectivity index (χ0n) is 11.5. The Morgan fingerprint density at radius 1 is 1.40 bits per heavy atom. The van der Waals surface area contributed by atoms with E-state index in [-0.39, 0.29) is 24.3 Å². The predicted octanol–water partition coefficient (Wildman–Crippen LogP) is 2.13. The molecule has 0 aromatic heterocycles. The van der Waals surface area contributed by atoms with Gasteiger partial charge in [0, 0.05) is 23.2 Å². The third-order valence-corrected chi connectivity index (χ3v) is 3.22. The van der Waals surface area contributed by atoms with Gasteiger partial charge < -0.3 is 15.7 Å². The fraction of sp³-hybridized carbons (Fsp3) is 0.429. The van der Waals surface area contributed by atoms with Crippen molar-refractivity contribution in [3.8, 4) is 0 Å². The molecule has 20 heavy (non-hydrogen) atoms. The SMILES string of the molecule is CC(C)C(N)CC(=O)N(CC(=O)O)c1cccc(Cl)c1. The summed E-state index contributed by atoms with van der Waals surface area (Å²) in [6.45, 7) is 3.42. The molecule has 0 spiro atoms. The highest BCUT2D eigenvalue weighted by Crippen LogP contribution is 2.21. The summed E-state index contributed by atoms with van der Waals surface area (Å²) < 4.78 is 0. The average molecular weight is 299 g/mol. The van der Waals surface area contributed by atoms with E-state index in [1.165, 1.54) is 4.90 Å². The molecule has 1 unspecified atom stereocenters. The van der Waals surface area contributed by atoms with E-state index in [1.807, 2.05) is 13.8 Å². The van der Waals surface area contributed by atoms with E-state index < -0.39 is 12.5 Å². The van der Waals surface area contributed by atoms with E-state index in [0.29, 0.717) is 10.7 Å². The van der Waals surface area contributed by atoms with Crippen molar-refractivity contribution >= 4 is 29.2 Å². The van der Waals surface area contributed by atoms with Crippen molar-refractivity contribution in [2.24, 2.45) is 11.7 Å². The van der Waals surface area contributed by atoms with Crippen LogP contribution in [0.25, 0.3) is 0 Å². The zero-order valence-corrected chi connectivity index (χ0v) is 12.3. The van der Waals surface area contributed by atoms with E-state index in [0.717, 1.165) is 0 Å². The van der Waals surface area contributed by atoms with Crippen LogP contribution in [0.2, 0.25) is 5.02 Å². The Morgan fingerprint density at radius 2 is 2.05 bits per heavy atom. The molecule has 0 aliphatic carbocycles. The highest BCUT2D eigenvalue weighted by Gasteiger charge is 2.22. The molecule has 5 nitrogen and oxygen atoms in total. The minimum Gasteiger partial charge on any atom is -0.480 e. The first-order valence-electron chi connectivity index (χ1n) is 6.34. The van der Waals surface area contributed by atoms with Gasteiger partial charge >= 0.3 is 5.97 Å². The van der Waals surface area contributed by atoms with Crippen molar-refractivity contribution in [3.63, 3.8) is 0 Å². The summed E-state index contributed by atoms with van der Waals surface area (Å²) in [4.78, 5) is 24.4. The van der Waals surface area contributed by atoms with Gasteiger partial charge in [0.25, 0.3) is 0 Å². The van der Waals surface area contributed by atoms with Crippen molar-refractivity contribution in [2.45, 2.75) is 26.3 Å². The van der Waals surface area contributed by atoms with E-state index in [9.17, 15) is 9.59 Å². The lowest BCUT2D eigenvalue weighted by Gasteiger charge is -2.24. The first kappa shape index (κ1) is 16.5. The summed E-state index contributed by atoms with van der Waals surface area (Å²) in [5, 5.41) is 9.39. The van der Waals surface area contributed by atoms with E-state index in [4.69, 9.17) is 22.4 Å². The Hall–Kier alpha value is -1.59. The fourth-order valence-electron chi connectivity index (χ4n) is 1.65. The number of carboxylic acids is 1. The molecule has 0 saturated heterocycles. The Balaban J connectivity index is 2.94. The van der Waals surface area contributed by atoms with Gasteiger partial charge in [0.05, 0.1) is 0 Å². The van der Waals surface area contributed by atoms with Crippen LogP contribution in [0, 0.1) is 5.92 Å². The minimum absolute atomic E-state index is 0.0947. The second-order valence-corrected chi connectivity index (χ2v) is 5.40. The number of carboxylic acid groups (broad SMARTS) is 1. The van der Waals surface area contributed by atoms with Crippen LogP contribution in [0.15, 0.2) is 24.3 Å². The summed E-state index contributed by atoms with van der Waals surface area (Å²) in [5.41, 5.74) is 6.33. The topological polar surface area (TPSA) is 83.6 Å². The van der Waals surface area contributed by atoms with Crippen LogP contribution < -0.4 is 10.6 Å². The quantitative estimate of drug-likeness (QED) is 0.842. The van der Waals surface area contributed by atoms with Crippen molar-refractivity contribution < 1.29 is 14.7 Å². The summed E-state index contributed by atoms with van der Waals surface area (Å²) in [6.07, 6.45) is 0.0947. The first-order chi connectivity index (χ1) is 9.31. The molecule has 1 atom stereocenters. The van der Waals surface area contributed by atoms with Crippen molar-refractivity contribution in [1.82, 2.24) is 0 Å². The first-order valence-corrected chi connectivity index (χ1v) is 6.72. The third-order valence-electron chi connectivity index (χ3n) is 2.98. The number of hydrogen-bond donors (Lipinski definition) is 2. The van der Waals surface area contributed by atoms with Crippen LogP contribution in [0.3, 0.4) is 0 Å². The molecule has 0 fully saturated rings. The number of rotatable bonds is 6. The van der Waals surface area contributed by atoms with E-state index in [2.05, 4.69) is 0 Å². The van der Waals surface area contributed by atoms with Crippen LogP contribution in [0.4, 0.5) is 5.69 Å². The molecule has 0 aliphatic heterocycles. The standard InChI is InChI=1S/C14H19ClN2O3/c1-9(2)12(16)7-13(18)17(8-14(19)20)11-5-3-4-10(15)6-11/h3-6,9,12H,7-8,16H2,1-2H3,(H,19,20). The minimum atomic E-state index is -1.09. The Kier molecular flexibility index (Phi) is 5.98. The molecule has 0 radical (unpaired) electrons. The number of hydrogen-bond acceptors (Lipinski definition) is 3. The summed E-state index contributed by atoms with van der Waals surface area (Å²) in [6, 6.07) is 6.23. The van der Waals surface area contributed by atoms with Gasteiger partial charge in [-0.25, -0.2) is 0 Å². The second-order valence-electron chi connectivity index (χ2n) is 4.97. The maximum absolute atomic E-state index is 12.2. The van der Waals surface area contributed by atoms with Crippen LogP contribution in [-0.4, -0.2) is 29.6 Å². The average Bonchev–Trinajstić information content (AvgIpc) is 2.35. The fourth-order valence-corrected chi connectivity index (χ4v) is 1.83. The van der Waals surface area contributed by atoms with E-state index in [1.54, 1.807) is 24.3 Å². The zero-order chi connectivity index (χ0) is 15.3. The number of nitrogens with zero attached hydrogens (tertiary/aromatic N) is 1. The van der Waals surface area contributed by atoms with Crippen LogP contribution in [-0.2, 0) is 9.59 Å². The van der Waals surface area contributed by atoms with Gasteiger partial charge in [0.1, 0.15) is 6.54 Å². The van der Waals surface area contributed by atoms with Crippen LogP contribution in [0.5, 0.6) is 0 Å².